The highest BCUT2D eigenvalue weighted by molar-refractivity contribution is 5.85. The van der Waals surface area contributed by atoms with Crippen molar-refractivity contribution in [2.45, 2.75) is 44.8 Å². The number of H-pyrrole nitrogens is 1. The van der Waals surface area contributed by atoms with Crippen molar-refractivity contribution in [1.82, 2.24) is 20.2 Å². The lowest BCUT2D eigenvalue weighted by Gasteiger charge is -2.33. The summed E-state index contributed by atoms with van der Waals surface area (Å²) in [4.78, 5) is 21.8. The molecule has 0 atom stereocenters. The summed E-state index contributed by atoms with van der Waals surface area (Å²) in [5.41, 5.74) is 8.39. The van der Waals surface area contributed by atoms with Crippen molar-refractivity contribution in [3.63, 3.8) is 0 Å². The summed E-state index contributed by atoms with van der Waals surface area (Å²) in [6.07, 6.45) is 3.66. The summed E-state index contributed by atoms with van der Waals surface area (Å²) >= 11 is 0. The number of amides is 1. The van der Waals surface area contributed by atoms with E-state index < -0.39 is 5.54 Å². The number of benzene rings is 1. The number of nitrogens with one attached hydrogen (secondary N) is 2. The summed E-state index contributed by atoms with van der Waals surface area (Å²) in [5.74, 6) is -0.0688. The summed E-state index contributed by atoms with van der Waals surface area (Å²) < 4.78 is 0. The maximum atomic E-state index is 11.9. The van der Waals surface area contributed by atoms with E-state index in [1.54, 1.807) is 20.2 Å². The molecule has 1 aromatic heterocycles. The van der Waals surface area contributed by atoms with Crippen LogP contribution in [0, 0.1) is 0 Å². The van der Waals surface area contributed by atoms with E-state index in [1.165, 1.54) is 5.56 Å². The minimum atomic E-state index is -0.809. The van der Waals surface area contributed by atoms with Crippen LogP contribution in [0.5, 0.6) is 0 Å². The van der Waals surface area contributed by atoms with Gasteiger partial charge in [0.05, 0.1) is 22.9 Å². The van der Waals surface area contributed by atoms with Crippen molar-refractivity contribution >= 4 is 16.9 Å². The van der Waals surface area contributed by atoms with Gasteiger partial charge in [-0.1, -0.05) is 6.07 Å². The molecule has 1 aromatic carbocycles. The second-order valence-corrected chi connectivity index (χ2v) is 7.00. The summed E-state index contributed by atoms with van der Waals surface area (Å²) in [5, 5.41) is 3.06. The molecule has 1 amide bonds. The quantitative estimate of drug-likeness (QED) is 0.795. The van der Waals surface area contributed by atoms with E-state index in [0.29, 0.717) is 0 Å². The molecular weight excluding hydrogens is 290 g/mol. The van der Waals surface area contributed by atoms with Gasteiger partial charge in [0, 0.05) is 25.7 Å². The molecule has 4 N–H and O–H groups in total. The van der Waals surface area contributed by atoms with Crippen LogP contribution in [-0.2, 0) is 11.3 Å². The van der Waals surface area contributed by atoms with Gasteiger partial charge in [-0.15, -0.1) is 0 Å². The standard InChI is InChI=1S/C17H25N5O/c1-17(2,18)16(23)21-13-5-7-22(8-6-13)10-12-3-4-14-15(9-12)20-11-19-14/h3-4,9,11,13H,5-8,10,18H2,1-2H3,(H,19,20)(H,21,23). The number of aromatic nitrogens is 2. The van der Waals surface area contributed by atoms with Gasteiger partial charge in [-0.3, -0.25) is 9.69 Å². The molecule has 1 aliphatic heterocycles. The Morgan fingerprint density at radius 2 is 2.17 bits per heavy atom. The second-order valence-electron chi connectivity index (χ2n) is 7.00. The van der Waals surface area contributed by atoms with Gasteiger partial charge in [0.1, 0.15) is 0 Å². The van der Waals surface area contributed by atoms with Gasteiger partial charge >= 0.3 is 0 Å². The zero-order valence-electron chi connectivity index (χ0n) is 13.8. The Morgan fingerprint density at radius 3 is 2.87 bits per heavy atom. The first-order valence-electron chi connectivity index (χ1n) is 8.16. The van der Waals surface area contributed by atoms with Gasteiger partial charge in [0.2, 0.25) is 5.91 Å². The summed E-state index contributed by atoms with van der Waals surface area (Å²) in [6, 6.07) is 6.58. The van der Waals surface area contributed by atoms with Crippen LogP contribution in [0.25, 0.3) is 11.0 Å². The Labute approximate surface area is 136 Å². The van der Waals surface area contributed by atoms with E-state index in [-0.39, 0.29) is 11.9 Å². The fraction of sp³-hybridized carbons (Fsp3) is 0.529. The molecule has 2 aromatic rings. The van der Waals surface area contributed by atoms with Gasteiger partial charge in [-0.2, -0.15) is 0 Å². The van der Waals surface area contributed by atoms with Crippen LogP contribution < -0.4 is 11.1 Å². The zero-order valence-corrected chi connectivity index (χ0v) is 13.8. The Hall–Kier alpha value is -1.92. The van der Waals surface area contributed by atoms with E-state index in [0.717, 1.165) is 43.5 Å². The lowest BCUT2D eigenvalue weighted by molar-refractivity contribution is -0.126. The molecule has 0 unspecified atom stereocenters. The smallest absolute Gasteiger partial charge is 0.239 e. The lowest BCUT2D eigenvalue weighted by atomic mass is 10.0. The average Bonchev–Trinajstić information content (AvgIpc) is 2.96. The molecule has 3 rings (SSSR count). The Kier molecular flexibility index (Phi) is 4.37. The summed E-state index contributed by atoms with van der Waals surface area (Å²) in [6.45, 7) is 6.37. The fourth-order valence-electron chi connectivity index (χ4n) is 2.95. The maximum absolute atomic E-state index is 11.9. The molecule has 1 saturated heterocycles. The van der Waals surface area contributed by atoms with Crippen LogP contribution in [-0.4, -0.2) is 45.4 Å². The third kappa shape index (κ3) is 3.89. The number of piperidine rings is 1. The minimum absolute atomic E-state index is 0.0688. The predicted octanol–water partition coefficient (Wildman–Crippen LogP) is 1.38. The largest absolute Gasteiger partial charge is 0.352 e. The fourth-order valence-corrected chi connectivity index (χ4v) is 2.95. The molecule has 0 radical (unpaired) electrons. The number of carbonyl (C=O) groups is 1. The molecule has 6 nitrogen and oxygen atoms in total. The van der Waals surface area contributed by atoms with Crippen molar-refractivity contribution in [2.75, 3.05) is 13.1 Å². The normalized spacial score (nSPS) is 17.5. The maximum Gasteiger partial charge on any atom is 0.239 e. The number of likely N-dealkylation sites (tertiary alicyclic amines) is 1. The Morgan fingerprint density at radius 1 is 1.43 bits per heavy atom. The van der Waals surface area contributed by atoms with E-state index in [4.69, 9.17) is 5.73 Å². The van der Waals surface area contributed by atoms with E-state index in [2.05, 4.69) is 38.4 Å². The number of aromatic amines is 1. The average molecular weight is 315 g/mol. The number of imidazole rings is 1. The molecule has 23 heavy (non-hydrogen) atoms. The molecule has 6 heteroatoms. The Balaban J connectivity index is 1.52. The molecular formula is C17H25N5O. The van der Waals surface area contributed by atoms with E-state index in [1.807, 2.05) is 0 Å². The molecule has 1 aliphatic rings. The Bertz CT molecular complexity index is 680. The van der Waals surface area contributed by atoms with Crippen molar-refractivity contribution < 1.29 is 4.79 Å². The highest BCUT2D eigenvalue weighted by atomic mass is 16.2. The first-order chi connectivity index (χ1) is 10.9. The van der Waals surface area contributed by atoms with Crippen LogP contribution in [0.2, 0.25) is 0 Å². The molecule has 0 aliphatic carbocycles. The number of hydrogen-bond donors (Lipinski definition) is 3. The van der Waals surface area contributed by atoms with Gasteiger partial charge in [-0.05, 0) is 44.4 Å². The van der Waals surface area contributed by atoms with Crippen LogP contribution in [0.15, 0.2) is 24.5 Å². The number of rotatable bonds is 4. The molecule has 0 saturated carbocycles. The van der Waals surface area contributed by atoms with Crippen molar-refractivity contribution in [3.8, 4) is 0 Å². The second kappa shape index (κ2) is 6.29. The first-order valence-corrected chi connectivity index (χ1v) is 8.16. The van der Waals surface area contributed by atoms with Crippen LogP contribution >= 0.6 is 0 Å². The van der Waals surface area contributed by atoms with Gasteiger partial charge < -0.3 is 16.0 Å². The van der Waals surface area contributed by atoms with Crippen molar-refractivity contribution in [3.05, 3.63) is 30.1 Å². The molecule has 0 spiro atoms. The SMILES string of the molecule is CC(C)(N)C(=O)NC1CCN(Cc2ccc3nc[nH]c3c2)CC1. The third-order valence-corrected chi connectivity index (χ3v) is 4.40. The van der Waals surface area contributed by atoms with Crippen LogP contribution in [0.4, 0.5) is 0 Å². The van der Waals surface area contributed by atoms with Gasteiger partial charge in [0.25, 0.3) is 0 Å². The molecule has 0 bridgehead atoms. The van der Waals surface area contributed by atoms with Crippen molar-refractivity contribution in [2.24, 2.45) is 5.73 Å². The molecule has 2 heterocycles. The monoisotopic (exact) mass is 315 g/mol. The van der Waals surface area contributed by atoms with Gasteiger partial charge in [-0.25, -0.2) is 4.98 Å². The lowest BCUT2D eigenvalue weighted by Crippen LogP contribution is -2.54. The number of hydrogen-bond acceptors (Lipinski definition) is 4. The number of nitrogens with two attached hydrogens (primary N) is 1. The topological polar surface area (TPSA) is 87.0 Å². The van der Waals surface area contributed by atoms with Crippen LogP contribution in [0.1, 0.15) is 32.3 Å². The van der Waals surface area contributed by atoms with E-state index in [9.17, 15) is 4.79 Å². The first kappa shape index (κ1) is 16.0. The highest BCUT2D eigenvalue weighted by Gasteiger charge is 2.26. The molecule has 124 valence electrons. The predicted molar refractivity (Wildman–Crippen MR) is 90.8 cm³/mol. The highest BCUT2D eigenvalue weighted by Crippen LogP contribution is 2.17. The minimum Gasteiger partial charge on any atom is -0.352 e. The van der Waals surface area contributed by atoms with Crippen molar-refractivity contribution in [1.29, 1.82) is 0 Å². The van der Waals surface area contributed by atoms with Gasteiger partial charge in [0.15, 0.2) is 0 Å². The van der Waals surface area contributed by atoms with E-state index >= 15 is 0 Å². The summed E-state index contributed by atoms with van der Waals surface area (Å²) in [7, 11) is 0. The van der Waals surface area contributed by atoms with Crippen LogP contribution in [0.3, 0.4) is 0 Å². The zero-order chi connectivity index (χ0) is 16.4. The number of carbonyl (C=O) groups excluding carboxylic acids is 1. The third-order valence-electron chi connectivity index (χ3n) is 4.40. The molecule has 1 fully saturated rings. The number of nitrogens with zero attached hydrogens (tertiary/aromatic N) is 2. The number of fused-ring (bicyclic) bond motifs is 1.